The highest BCUT2D eigenvalue weighted by Crippen LogP contribution is 2.33. The summed E-state index contributed by atoms with van der Waals surface area (Å²) in [6.07, 6.45) is -0.784. The highest BCUT2D eigenvalue weighted by atomic mass is 19.1. The first-order valence-corrected chi connectivity index (χ1v) is 7.95. The molecular formula is C18H17F2N3O3. The first-order valence-electron chi connectivity index (χ1n) is 7.95. The van der Waals surface area contributed by atoms with Gasteiger partial charge >= 0.3 is 0 Å². The average molecular weight is 361 g/mol. The zero-order chi connectivity index (χ0) is 18.7. The fraction of sp³-hybridized carbons (Fsp3) is 0.222. The smallest absolute Gasteiger partial charge is 0.262 e. The van der Waals surface area contributed by atoms with Crippen molar-refractivity contribution in [3.8, 4) is 5.75 Å². The number of fused-ring (bicyclic) bond motifs is 1. The van der Waals surface area contributed by atoms with Crippen LogP contribution in [0.15, 0.2) is 42.5 Å². The molecule has 3 rings (SSSR count). The van der Waals surface area contributed by atoms with Gasteiger partial charge in [0, 0.05) is 13.1 Å². The molecule has 1 aliphatic rings. The van der Waals surface area contributed by atoms with E-state index in [-0.39, 0.29) is 24.7 Å². The molecule has 2 N–H and O–H groups in total. The second-order valence-corrected chi connectivity index (χ2v) is 5.74. The quantitative estimate of drug-likeness (QED) is 0.873. The minimum Gasteiger partial charge on any atom is -0.477 e. The summed E-state index contributed by atoms with van der Waals surface area (Å²) in [7, 11) is 1.50. The first-order chi connectivity index (χ1) is 12.5. The Morgan fingerprint density at radius 3 is 2.77 bits per heavy atom. The standard InChI is InChI=1S/C18H17F2N3O3/c1-21-18(25)16-9-23(14-4-2-3-5-15(14)26-16)10-17(24)22-13-8-11(19)6-7-12(13)20/h2-8,16H,9-10H2,1H3,(H,21,25)(H,22,24)/t16-/m0/s1. The molecule has 26 heavy (non-hydrogen) atoms. The average Bonchev–Trinajstić information content (AvgIpc) is 2.64. The SMILES string of the molecule is CNC(=O)[C@@H]1CN(CC(=O)Nc2cc(F)ccc2F)c2ccccc2O1. The van der Waals surface area contributed by atoms with Crippen molar-refractivity contribution in [3.63, 3.8) is 0 Å². The van der Waals surface area contributed by atoms with Crippen molar-refractivity contribution in [1.29, 1.82) is 0 Å². The Hall–Kier alpha value is -3.16. The molecule has 6 nitrogen and oxygen atoms in total. The van der Waals surface area contributed by atoms with Crippen LogP contribution in [-0.4, -0.2) is 38.1 Å². The van der Waals surface area contributed by atoms with Crippen molar-refractivity contribution < 1.29 is 23.1 Å². The Labute approximate surface area is 148 Å². The lowest BCUT2D eigenvalue weighted by atomic mass is 10.1. The largest absolute Gasteiger partial charge is 0.477 e. The predicted octanol–water partition coefficient (Wildman–Crippen LogP) is 1.92. The van der Waals surface area contributed by atoms with Gasteiger partial charge < -0.3 is 20.3 Å². The number of hydrogen-bond acceptors (Lipinski definition) is 4. The van der Waals surface area contributed by atoms with Crippen LogP contribution in [0.3, 0.4) is 0 Å². The van der Waals surface area contributed by atoms with Gasteiger partial charge in [-0.1, -0.05) is 12.1 Å². The van der Waals surface area contributed by atoms with E-state index < -0.39 is 23.6 Å². The number of anilines is 2. The lowest BCUT2D eigenvalue weighted by Gasteiger charge is -2.34. The maximum absolute atomic E-state index is 13.7. The van der Waals surface area contributed by atoms with Gasteiger partial charge in [0.15, 0.2) is 6.10 Å². The Balaban J connectivity index is 1.78. The molecule has 0 aromatic heterocycles. The van der Waals surface area contributed by atoms with E-state index in [0.29, 0.717) is 11.4 Å². The number of benzene rings is 2. The number of carbonyl (C=O) groups excluding carboxylic acids is 2. The number of ether oxygens (including phenoxy) is 1. The molecule has 2 amide bonds. The van der Waals surface area contributed by atoms with Crippen LogP contribution in [-0.2, 0) is 9.59 Å². The van der Waals surface area contributed by atoms with Gasteiger partial charge in [-0.05, 0) is 24.3 Å². The highest BCUT2D eigenvalue weighted by Gasteiger charge is 2.31. The number of halogens is 2. The third-order valence-corrected chi connectivity index (χ3v) is 3.94. The van der Waals surface area contributed by atoms with Gasteiger partial charge in [0.05, 0.1) is 24.5 Å². The fourth-order valence-electron chi connectivity index (χ4n) is 2.71. The summed E-state index contributed by atoms with van der Waals surface area (Å²) in [5.41, 5.74) is 0.405. The summed E-state index contributed by atoms with van der Waals surface area (Å²) < 4.78 is 32.6. The second kappa shape index (κ2) is 7.38. The van der Waals surface area contributed by atoms with Gasteiger partial charge in [0.1, 0.15) is 17.4 Å². The number of para-hydroxylation sites is 2. The molecule has 136 valence electrons. The van der Waals surface area contributed by atoms with Gasteiger partial charge in [-0.15, -0.1) is 0 Å². The van der Waals surface area contributed by atoms with Crippen LogP contribution in [0.1, 0.15) is 0 Å². The van der Waals surface area contributed by atoms with Crippen LogP contribution < -0.4 is 20.3 Å². The summed E-state index contributed by atoms with van der Waals surface area (Å²) >= 11 is 0. The van der Waals surface area contributed by atoms with Crippen molar-refractivity contribution in [3.05, 3.63) is 54.1 Å². The molecule has 1 atom stereocenters. The normalized spacial score (nSPS) is 15.7. The molecule has 0 radical (unpaired) electrons. The van der Waals surface area contributed by atoms with Crippen LogP contribution in [0.5, 0.6) is 5.75 Å². The Kier molecular flexibility index (Phi) is 5.01. The molecule has 8 heteroatoms. The molecule has 2 aromatic carbocycles. The number of amides is 2. The molecule has 0 saturated carbocycles. The van der Waals surface area contributed by atoms with Crippen LogP contribution in [0.2, 0.25) is 0 Å². The number of hydrogen-bond donors (Lipinski definition) is 2. The molecule has 2 aromatic rings. The number of nitrogens with zero attached hydrogens (tertiary/aromatic N) is 1. The first kappa shape index (κ1) is 17.7. The molecule has 1 aliphatic heterocycles. The van der Waals surface area contributed by atoms with Gasteiger partial charge in [0.2, 0.25) is 5.91 Å². The maximum Gasteiger partial charge on any atom is 0.262 e. The van der Waals surface area contributed by atoms with E-state index in [4.69, 9.17) is 4.74 Å². The van der Waals surface area contributed by atoms with Gasteiger partial charge in [0.25, 0.3) is 5.91 Å². The summed E-state index contributed by atoms with van der Waals surface area (Å²) in [6.45, 7) is -0.000436. The van der Waals surface area contributed by atoms with E-state index in [1.165, 1.54) is 7.05 Å². The van der Waals surface area contributed by atoms with E-state index in [1.807, 2.05) is 0 Å². The molecule has 0 unspecified atom stereocenters. The van der Waals surface area contributed by atoms with E-state index >= 15 is 0 Å². The van der Waals surface area contributed by atoms with E-state index in [1.54, 1.807) is 29.2 Å². The maximum atomic E-state index is 13.7. The summed E-state index contributed by atoms with van der Waals surface area (Å²) in [4.78, 5) is 25.9. The Morgan fingerprint density at radius 2 is 2.00 bits per heavy atom. The number of likely N-dealkylation sites (N-methyl/N-ethyl adjacent to an activating group) is 1. The second-order valence-electron chi connectivity index (χ2n) is 5.74. The third kappa shape index (κ3) is 3.74. The fourth-order valence-corrected chi connectivity index (χ4v) is 2.71. The third-order valence-electron chi connectivity index (χ3n) is 3.94. The van der Waals surface area contributed by atoms with E-state index in [9.17, 15) is 18.4 Å². The minimum atomic E-state index is -0.784. The van der Waals surface area contributed by atoms with Gasteiger partial charge in [-0.3, -0.25) is 9.59 Å². The van der Waals surface area contributed by atoms with Gasteiger partial charge in [-0.25, -0.2) is 8.78 Å². The van der Waals surface area contributed by atoms with Crippen molar-refractivity contribution in [2.24, 2.45) is 0 Å². The molecule has 0 fully saturated rings. The number of nitrogens with one attached hydrogen (secondary N) is 2. The molecular weight excluding hydrogens is 344 g/mol. The molecule has 0 bridgehead atoms. The van der Waals surface area contributed by atoms with Crippen LogP contribution in [0.4, 0.5) is 20.2 Å². The van der Waals surface area contributed by atoms with E-state index in [0.717, 1.165) is 18.2 Å². The van der Waals surface area contributed by atoms with Crippen molar-refractivity contribution in [2.45, 2.75) is 6.10 Å². The Morgan fingerprint density at radius 1 is 1.23 bits per heavy atom. The minimum absolute atomic E-state index is 0.149. The van der Waals surface area contributed by atoms with Crippen molar-refractivity contribution >= 4 is 23.2 Å². The number of rotatable bonds is 4. The summed E-state index contributed by atoms with van der Waals surface area (Å²) in [6, 6.07) is 9.81. The highest BCUT2D eigenvalue weighted by molar-refractivity contribution is 5.95. The molecule has 0 saturated heterocycles. The summed E-state index contributed by atoms with van der Waals surface area (Å²) in [5, 5.41) is 4.86. The lowest BCUT2D eigenvalue weighted by molar-refractivity contribution is -0.127. The molecule has 1 heterocycles. The topological polar surface area (TPSA) is 70.7 Å². The number of carbonyl (C=O) groups is 2. The van der Waals surface area contributed by atoms with Gasteiger partial charge in [-0.2, -0.15) is 0 Å². The monoisotopic (exact) mass is 361 g/mol. The molecule has 0 aliphatic carbocycles. The summed E-state index contributed by atoms with van der Waals surface area (Å²) in [5.74, 6) is -1.77. The predicted molar refractivity (Wildman–Crippen MR) is 92.1 cm³/mol. The van der Waals surface area contributed by atoms with Crippen LogP contribution in [0.25, 0.3) is 0 Å². The Bertz CT molecular complexity index is 844. The lowest BCUT2D eigenvalue weighted by Crippen LogP contribution is -2.50. The zero-order valence-electron chi connectivity index (χ0n) is 14.0. The van der Waals surface area contributed by atoms with Crippen molar-refractivity contribution in [1.82, 2.24) is 5.32 Å². The van der Waals surface area contributed by atoms with E-state index in [2.05, 4.69) is 10.6 Å². The molecule has 0 spiro atoms. The van der Waals surface area contributed by atoms with Crippen molar-refractivity contribution in [2.75, 3.05) is 30.4 Å². The van der Waals surface area contributed by atoms with Crippen LogP contribution >= 0.6 is 0 Å². The zero-order valence-corrected chi connectivity index (χ0v) is 14.0. The van der Waals surface area contributed by atoms with Crippen LogP contribution in [0, 0.1) is 11.6 Å².